The van der Waals surface area contributed by atoms with E-state index in [1.807, 2.05) is 0 Å². The summed E-state index contributed by atoms with van der Waals surface area (Å²) in [6, 6.07) is 0. The first kappa shape index (κ1) is 11.3. The summed E-state index contributed by atoms with van der Waals surface area (Å²) < 4.78 is 0. The summed E-state index contributed by atoms with van der Waals surface area (Å²) in [7, 11) is 0. The first-order chi connectivity index (χ1) is 5.70. The van der Waals surface area contributed by atoms with Crippen molar-refractivity contribution in [3.63, 3.8) is 0 Å². The van der Waals surface area contributed by atoms with Crippen LogP contribution in [0.5, 0.6) is 0 Å². The average molecular weight is 179 g/mol. The molecule has 0 aromatic rings. The normalized spacial score (nSPS) is 10.3. The topological polar surface area (TPSA) is 79.2 Å². The predicted molar refractivity (Wildman–Crippen MR) is 38.6 cm³/mol. The third-order valence-corrected chi connectivity index (χ3v) is 0.959. The van der Waals surface area contributed by atoms with Crippen LogP contribution >= 0.6 is 0 Å². The quantitative estimate of drug-likeness (QED) is 0.389. The van der Waals surface area contributed by atoms with Gasteiger partial charge in [-0.15, -0.1) is 5.06 Å². The summed E-state index contributed by atoms with van der Waals surface area (Å²) >= 11 is 0. The minimum Gasteiger partial charge on any atom is -0.395 e. The second-order valence-corrected chi connectivity index (χ2v) is 2.03. The molecule has 12 heavy (non-hydrogen) atoms. The molecule has 0 heterocycles. The SMILES string of the molecule is CC(=O)OON(CCO)CCO. The van der Waals surface area contributed by atoms with E-state index in [-0.39, 0.29) is 26.3 Å². The van der Waals surface area contributed by atoms with Crippen LogP contribution in [0.3, 0.4) is 0 Å². The largest absolute Gasteiger partial charge is 0.395 e. The van der Waals surface area contributed by atoms with Crippen LogP contribution in [0.2, 0.25) is 0 Å². The lowest BCUT2D eigenvalue weighted by atomic mass is 10.6. The first-order valence-corrected chi connectivity index (χ1v) is 3.52. The number of aliphatic hydroxyl groups excluding tert-OH is 2. The van der Waals surface area contributed by atoms with E-state index in [9.17, 15) is 4.79 Å². The van der Waals surface area contributed by atoms with Gasteiger partial charge in [-0.2, -0.15) is 0 Å². The van der Waals surface area contributed by atoms with Gasteiger partial charge >= 0.3 is 5.97 Å². The van der Waals surface area contributed by atoms with Gasteiger partial charge in [-0.25, -0.2) is 4.79 Å². The maximum Gasteiger partial charge on any atom is 0.341 e. The van der Waals surface area contributed by atoms with Gasteiger partial charge in [0.2, 0.25) is 0 Å². The number of hydrogen-bond donors (Lipinski definition) is 2. The molecule has 0 aromatic heterocycles. The van der Waals surface area contributed by atoms with Gasteiger partial charge in [-0.1, -0.05) is 4.99 Å². The molecule has 0 radical (unpaired) electrons. The standard InChI is InChI=1S/C6H13NO5/c1-6(10)11-12-7(2-4-8)3-5-9/h8-9H,2-5H2,1H3. The van der Waals surface area contributed by atoms with Crippen LogP contribution in [0.25, 0.3) is 0 Å². The molecular weight excluding hydrogens is 166 g/mol. The van der Waals surface area contributed by atoms with Gasteiger partial charge in [0, 0.05) is 6.92 Å². The van der Waals surface area contributed by atoms with Crippen molar-refractivity contribution in [1.82, 2.24) is 5.06 Å². The molecule has 0 aromatic carbocycles. The van der Waals surface area contributed by atoms with Crippen molar-refractivity contribution in [3.8, 4) is 0 Å². The van der Waals surface area contributed by atoms with Crippen molar-refractivity contribution in [2.24, 2.45) is 0 Å². The second-order valence-electron chi connectivity index (χ2n) is 2.03. The molecule has 6 nitrogen and oxygen atoms in total. The highest BCUT2D eigenvalue weighted by atomic mass is 17.3. The molecule has 0 fully saturated rings. The summed E-state index contributed by atoms with van der Waals surface area (Å²) in [5, 5.41) is 18.1. The smallest absolute Gasteiger partial charge is 0.341 e. The Balaban J connectivity index is 3.54. The van der Waals surface area contributed by atoms with Crippen LogP contribution < -0.4 is 0 Å². The Bertz CT molecular complexity index is 123. The zero-order chi connectivity index (χ0) is 9.40. The molecule has 0 saturated carbocycles. The first-order valence-electron chi connectivity index (χ1n) is 3.52. The van der Waals surface area contributed by atoms with E-state index < -0.39 is 5.97 Å². The molecule has 0 amide bonds. The molecule has 0 rings (SSSR count). The molecule has 6 heteroatoms. The summed E-state index contributed by atoms with van der Waals surface area (Å²) in [6.07, 6.45) is 0. The third-order valence-electron chi connectivity index (χ3n) is 0.959. The predicted octanol–water partition coefficient (Wildman–Crippen LogP) is -1.32. The highest BCUT2D eigenvalue weighted by Crippen LogP contribution is 1.90. The molecule has 0 unspecified atom stereocenters. The van der Waals surface area contributed by atoms with Crippen LogP contribution in [-0.4, -0.2) is 47.5 Å². The molecule has 2 N–H and O–H groups in total. The van der Waals surface area contributed by atoms with Crippen LogP contribution in [-0.2, 0) is 14.7 Å². The van der Waals surface area contributed by atoms with Gasteiger partial charge in [0.15, 0.2) is 0 Å². The zero-order valence-corrected chi connectivity index (χ0v) is 6.89. The van der Waals surface area contributed by atoms with E-state index in [1.54, 1.807) is 0 Å². The van der Waals surface area contributed by atoms with Crippen molar-refractivity contribution in [1.29, 1.82) is 0 Å². The van der Waals surface area contributed by atoms with Crippen LogP contribution in [0.4, 0.5) is 0 Å². The van der Waals surface area contributed by atoms with Crippen molar-refractivity contribution in [3.05, 3.63) is 0 Å². The van der Waals surface area contributed by atoms with Gasteiger partial charge in [0.05, 0.1) is 26.3 Å². The Kier molecular flexibility index (Phi) is 6.58. The fourth-order valence-corrected chi connectivity index (χ4v) is 0.515. The van der Waals surface area contributed by atoms with Gasteiger partial charge < -0.3 is 10.2 Å². The third kappa shape index (κ3) is 6.05. The molecule has 0 aliphatic carbocycles. The monoisotopic (exact) mass is 179 g/mol. The molecule has 0 atom stereocenters. The van der Waals surface area contributed by atoms with Gasteiger partial charge in [0.1, 0.15) is 0 Å². The van der Waals surface area contributed by atoms with Crippen LogP contribution in [0.15, 0.2) is 0 Å². The number of carbonyl (C=O) groups is 1. The second kappa shape index (κ2) is 6.99. The summed E-state index contributed by atoms with van der Waals surface area (Å²) in [5.41, 5.74) is 0. The van der Waals surface area contributed by atoms with E-state index in [0.717, 1.165) is 5.06 Å². The summed E-state index contributed by atoms with van der Waals surface area (Å²) in [5.74, 6) is -0.587. The van der Waals surface area contributed by atoms with Gasteiger partial charge in [-0.05, 0) is 0 Å². The van der Waals surface area contributed by atoms with E-state index >= 15 is 0 Å². The fraction of sp³-hybridized carbons (Fsp3) is 0.833. The van der Waals surface area contributed by atoms with Crippen molar-refractivity contribution < 1.29 is 24.9 Å². The van der Waals surface area contributed by atoms with Gasteiger partial charge in [-0.3, -0.25) is 4.89 Å². The number of rotatable bonds is 6. The number of nitrogens with zero attached hydrogens (tertiary/aromatic N) is 1. The summed E-state index contributed by atoms with van der Waals surface area (Å²) in [4.78, 5) is 18.9. The number of hydrogen-bond acceptors (Lipinski definition) is 6. The molecular formula is C6H13NO5. The molecule has 0 aliphatic heterocycles. The van der Waals surface area contributed by atoms with Crippen molar-refractivity contribution >= 4 is 5.97 Å². The Hall–Kier alpha value is -0.690. The Morgan fingerprint density at radius 2 is 1.83 bits per heavy atom. The lowest BCUT2D eigenvalue weighted by molar-refractivity contribution is -0.398. The van der Waals surface area contributed by atoms with Crippen LogP contribution in [0, 0.1) is 0 Å². The van der Waals surface area contributed by atoms with E-state index in [4.69, 9.17) is 10.2 Å². The Labute approximate surface area is 70.2 Å². The molecule has 0 bridgehead atoms. The van der Waals surface area contributed by atoms with Crippen LogP contribution in [0.1, 0.15) is 6.92 Å². The van der Waals surface area contributed by atoms with Gasteiger partial charge in [0.25, 0.3) is 0 Å². The molecule has 0 aliphatic rings. The van der Waals surface area contributed by atoms with E-state index in [2.05, 4.69) is 9.88 Å². The lowest BCUT2D eigenvalue weighted by Gasteiger charge is -2.15. The number of aliphatic hydroxyl groups is 2. The highest BCUT2D eigenvalue weighted by molar-refractivity contribution is 5.65. The zero-order valence-electron chi connectivity index (χ0n) is 6.89. The summed E-state index contributed by atoms with van der Waals surface area (Å²) in [6.45, 7) is 1.26. The number of carbonyl (C=O) groups excluding carboxylic acids is 1. The molecule has 72 valence electrons. The maximum atomic E-state index is 10.3. The fourth-order valence-electron chi connectivity index (χ4n) is 0.515. The van der Waals surface area contributed by atoms with Crippen molar-refractivity contribution in [2.75, 3.05) is 26.3 Å². The highest BCUT2D eigenvalue weighted by Gasteiger charge is 2.06. The Morgan fingerprint density at radius 1 is 1.33 bits per heavy atom. The van der Waals surface area contributed by atoms with E-state index in [0.29, 0.717) is 0 Å². The minimum absolute atomic E-state index is 0.138. The van der Waals surface area contributed by atoms with E-state index in [1.165, 1.54) is 6.92 Å². The van der Waals surface area contributed by atoms with Crippen molar-refractivity contribution in [2.45, 2.75) is 6.92 Å². The molecule has 0 spiro atoms. The average Bonchev–Trinajstić information content (AvgIpc) is 2.01. The minimum atomic E-state index is -0.587. The Morgan fingerprint density at radius 3 is 2.17 bits per heavy atom. The number of hydroxylamine groups is 2. The lowest BCUT2D eigenvalue weighted by Crippen LogP contribution is -2.30. The molecule has 0 saturated heterocycles. The maximum absolute atomic E-state index is 10.3.